The van der Waals surface area contributed by atoms with Crippen molar-refractivity contribution in [2.24, 2.45) is 0 Å². The molecule has 0 saturated carbocycles. The average Bonchev–Trinajstić information content (AvgIpc) is 2.76. The number of aliphatic hydroxyl groups excluding tert-OH is 1. The van der Waals surface area contributed by atoms with Gasteiger partial charge in [0.25, 0.3) is 0 Å². The van der Waals surface area contributed by atoms with Crippen LogP contribution in [0.1, 0.15) is 33.2 Å². The molecule has 3 nitrogen and oxygen atoms in total. The fourth-order valence-electron chi connectivity index (χ4n) is 2.36. The number of carbonyl (C=O) groups excluding carboxylic acids is 1. The Morgan fingerprint density at radius 3 is 2.45 bits per heavy atom. The third kappa shape index (κ3) is 2.12. The molecule has 0 radical (unpaired) electrons. The van der Waals surface area contributed by atoms with E-state index in [9.17, 15) is 9.90 Å². The van der Waals surface area contributed by atoms with Crippen LogP contribution < -0.4 is 0 Å². The van der Waals surface area contributed by atoms with Gasteiger partial charge in [0, 0.05) is 5.56 Å². The number of hydrogen-bond acceptors (Lipinski definition) is 3. The van der Waals surface area contributed by atoms with Crippen LogP contribution in [0.25, 0.3) is 5.76 Å². The Balaban J connectivity index is 1.99. The highest BCUT2D eigenvalue weighted by Crippen LogP contribution is 2.32. The molecule has 0 amide bonds. The number of fused-ring (bicyclic) bond motifs is 1. The molecule has 1 aliphatic rings. The first-order valence-electron chi connectivity index (χ1n) is 6.44. The highest BCUT2D eigenvalue weighted by molar-refractivity contribution is 6.02. The molecule has 100 valence electrons. The van der Waals surface area contributed by atoms with Crippen molar-refractivity contribution in [3.63, 3.8) is 0 Å². The molecule has 1 unspecified atom stereocenters. The molecule has 1 heterocycles. The molecule has 20 heavy (non-hydrogen) atoms. The van der Waals surface area contributed by atoms with Crippen molar-refractivity contribution in [3.05, 3.63) is 76.9 Å². The lowest BCUT2D eigenvalue weighted by molar-refractivity contribution is 0.0713. The zero-order valence-corrected chi connectivity index (χ0v) is 11.0. The number of rotatable bonds is 2. The third-order valence-electron chi connectivity index (χ3n) is 3.43. The zero-order valence-electron chi connectivity index (χ0n) is 11.0. The summed E-state index contributed by atoms with van der Waals surface area (Å²) in [6, 6.07) is 14.8. The Hall–Kier alpha value is -2.39. The van der Waals surface area contributed by atoms with E-state index in [0.29, 0.717) is 11.3 Å². The number of hydrogen-bond donors (Lipinski definition) is 1. The summed E-state index contributed by atoms with van der Waals surface area (Å²) in [7, 11) is 0. The molecule has 0 fully saturated rings. The SMILES string of the molecule is Cc1ccccc1C(O)/C=C1/OC(=O)c2ccccc21. The van der Waals surface area contributed by atoms with Gasteiger partial charge in [-0.3, -0.25) is 0 Å². The number of ether oxygens (including phenoxy) is 1. The van der Waals surface area contributed by atoms with Gasteiger partial charge in [-0.2, -0.15) is 0 Å². The van der Waals surface area contributed by atoms with Crippen LogP contribution in [-0.4, -0.2) is 11.1 Å². The zero-order chi connectivity index (χ0) is 14.1. The van der Waals surface area contributed by atoms with Crippen LogP contribution in [0.3, 0.4) is 0 Å². The van der Waals surface area contributed by atoms with Gasteiger partial charge in [-0.25, -0.2) is 4.79 Å². The number of benzene rings is 2. The maximum absolute atomic E-state index is 11.7. The number of aliphatic hydroxyl groups is 1. The summed E-state index contributed by atoms with van der Waals surface area (Å²) in [6.45, 7) is 1.94. The van der Waals surface area contributed by atoms with E-state index >= 15 is 0 Å². The highest BCUT2D eigenvalue weighted by Gasteiger charge is 2.26. The van der Waals surface area contributed by atoms with Crippen LogP contribution in [0.15, 0.2) is 54.6 Å². The molecular formula is C17H14O3. The van der Waals surface area contributed by atoms with E-state index in [4.69, 9.17) is 4.74 Å². The Kier molecular flexibility index (Phi) is 3.12. The summed E-state index contributed by atoms with van der Waals surface area (Å²) < 4.78 is 5.23. The Labute approximate surface area is 117 Å². The Morgan fingerprint density at radius 1 is 1.05 bits per heavy atom. The summed E-state index contributed by atoms with van der Waals surface area (Å²) in [5, 5.41) is 10.3. The Bertz CT molecular complexity index is 701. The molecule has 2 aromatic carbocycles. The van der Waals surface area contributed by atoms with Gasteiger partial charge < -0.3 is 9.84 Å². The number of esters is 1. The van der Waals surface area contributed by atoms with Crippen molar-refractivity contribution in [3.8, 4) is 0 Å². The molecule has 0 aliphatic carbocycles. The van der Waals surface area contributed by atoms with Crippen molar-refractivity contribution in [2.45, 2.75) is 13.0 Å². The average molecular weight is 266 g/mol. The predicted molar refractivity (Wildman–Crippen MR) is 76.0 cm³/mol. The third-order valence-corrected chi connectivity index (χ3v) is 3.43. The predicted octanol–water partition coefficient (Wildman–Crippen LogP) is 3.24. The fraction of sp³-hybridized carbons (Fsp3) is 0.118. The van der Waals surface area contributed by atoms with E-state index in [0.717, 1.165) is 16.7 Å². The lowest BCUT2D eigenvalue weighted by Crippen LogP contribution is -1.98. The topological polar surface area (TPSA) is 46.5 Å². The molecule has 3 rings (SSSR count). The summed E-state index contributed by atoms with van der Waals surface area (Å²) >= 11 is 0. The van der Waals surface area contributed by atoms with Crippen LogP contribution in [-0.2, 0) is 4.74 Å². The second kappa shape index (κ2) is 4.94. The first-order chi connectivity index (χ1) is 9.66. The lowest BCUT2D eigenvalue weighted by Gasteiger charge is -2.10. The van der Waals surface area contributed by atoms with Crippen molar-refractivity contribution in [1.82, 2.24) is 0 Å². The van der Waals surface area contributed by atoms with E-state index in [1.807, 2.05) is 43.3 Å². The highest BCUT2D eigenvalue weighted by atomic mass is 16.5. The first-order valence-corrected chi connectivity index (χ1v) is 6.44. The van der Waals surface area contributed by atoms with Gasteiger partial charge in [0.15, 0.2) is 0 Å². The van der Waals surface area contributed by atoms with E-state index in [1.165, 1.54) is 0 Å². The minimum absolute atomic E-state index is 0.371. The second-order valence-electron chi connectivity index (χ2n) is 4.77. The molecule has 1 aliphatic heterocycles. The van der Waals surface area contributed by atoms with Gasteiger partial charge in [-0.05, 0) is 30.2 Å². The van der Waals surface area contributed by atoms with Gasteiger partial charge in [-0.15, -0.1) is 0 Å². The Morgan fingerprint density at radius 2 is 1.70 bits per heavy atom. The fourth-order valence-corrected chi connectivity index (χ4v) is 2.36. The van der Waals surface area contributed by atoms with Crippen molar-refractivity contribution in [2.75, 3.05) is 0 Å². The summed E-state index contributed by atoms with van der Waals surface area (Å²) in [4.78, 5) is 11.7. The van der Waals surface area contributed by atoms with Crippen LogP contribution in [0.5, 0.6) is 0 Å². The lowest BCUT2D eigenvalue weighted by atomic mass is 10.0. The first kappa shape index (κ1) is 12.6. The molecule has 0 aromatic heterocycles. The van der Waals surface area contributed by atoms with E-state index < -0.39 is 6.10 Å². The van der Waals surface area contributed by atoms with Gasteiger partial charge in [0.2, 0.25) is 0 Å². The van der Waals surface area contributed by atoms with Crippen LogP contribution >= 0.6 is 0 Å². The number of aryl methyl sites for hydroxylation is 1. The van der Waals surface area contributed by atoms with E-state index in [-0.39, 0.29) is 5.97 Å². The van der Waals surface area contributed by atoms with E-state index in [1.54, 1.807) is 18.2 Å². The molecule has 0 bridgehead atoms. The van der Waals surface area contributed by atoms with E-state index in [2.05, 4.69) is 0 Å². The maximum atomic E-state index is 11.7. The second-order valence-corrected chi connectivity index (χ2v) is 4.77. The quantitative estimate of drug-likeness (QED) is 0.849. The number of cyclic esters (lactones) is 1. The molecule has 3 heteroatoms. The summed E-state index contributed by atoms with van der Waals surface area (Å²) in [6.07, 6.45) is 0.775. The van der Waals surface area contributed by atoms with Crippen molar-refractivity contribution in [1.29, 1.82) is 0 Å². The minimum atomic E-state index is -0.801. The maximum Gasteiger partial charge on any atom is 0.344 e. The normalized spacial score (nSPS) is 16.9. The molecule has 0 saturated heterocycles. The van der Waals surface area contributed by atoms with Crippen molar-refractivity contribution < 1.29 is 14.6 Å². The van der Waals surface area contributed by atoms with Gasteiger partial charge >= 0.3 is 5.97 Å². The van der Waals surface area contributed by atoms with Crippen LogP contribution in [0, 0.1) is 6.92 Å². The largest absolute Gasteiger partial charge is 0.422 e. The molecule has 1 N–H and O–H groups in total. The van der Waals surface area contributed by atoms with Gasteiger partial charge in [-0.1, -0.05) is 42.5 Å². The van der Waals surface area contributed by atoms with Crippen LogP contribution in [0.4, 0.5) is 0 Å². The summed E-state index contributed by atoms with van der Waals surface area (Å²) in [5.41, 5.74) is 3.07. The summed E-state index contributed by atoms with van der Waals surface area (Å²) in [5.74, 6) is 0.0465. The van der Waals surface area contributed by atoms with Gasteiger partial charge in [0.1, 0.15) is 11.9 Å². The smallest absolute Gasteiger partial charge is 0.344 e. The number of carbonyl (C=O) groups is 1. The molecular weight excluding hydrogens is 252 g/mol. The van der Waals surface area contributed by atoms with Crippen LogP contribution in [0.2, 0.25) is 0 Å². The molecule has 2 aromatic rings. The standard InChI is InChI=1S/C17H14O3/c1-11-6-2-3-7-12(11)15(18)10-16-13-8-4-5-9-14(13)17(19)20-16/h2-10,15,18H,1H3/b16-10+. The molecule has 0 spiro atoms. The van der Waals surface area contributed by atoms with Gasteiger partial charge in [0.05, 0.1) is 5.56 Å². The molecule has 1 atom stereocenters. The minimum Gasteiger partial charge on any atom is -0.422 e. The monoisotopic (exact) mass is 266 g/mol. The van der Waals surface area contributed by atoms with Crippen molar-refractivity contribution >= 4 is 11.7 Å².